The Morgan fingerprint density at radius 1 is 1.19 bits per heavy atom. The Morgan fingerprint density at radius 2 is 1.88 bits per heavy atom. The first kappa shape index (κ1) is 19.0. The first-order valence-electron chi connectivity index (χ1n) is 9.49. The predicted octanol–water partition coefficient (Wildman–Crippen LogP) is 1.39. The number of hydrogen-bond acceptors (Lipinski definition) is 6. The van der Waals surface area contributed by atoms with Crippen LogP contribution in [0.15, 0.2) is 12.4 Å². The second-order valence-electron chi connectivity index (χ2n) is 7.87. The van der Waals surface area contributed by atoms with Crippen molar-refractivity contribution in [1.29, 1.82) is 0 Å². The summed E-state index contributed by atoms with van der Waals surface area (Å²) >= 11 is 0. The molecule has 2 fully saturated rings. The van der Waals surface area contributed by atoms with Crippen LogP contribution in [0.2, 0.25) is 0 Å². The second-order valence-corrected chi connectivity index (χ2v) is 7.87. The zero-order chi connectivity index (χ0) is 18.6. The van der Waals surface area contributed by atoms with Crippen LogP contribution in [0.3, 0.4) is 0 Å². The molecule has 0 aromatic carbocycles. The van der Waals surface area contributed by atoms with Crippen LogP contribution in [0.1, 0.15) is 31.2 Å². The van der Waals surface area contributed by atoms with Gasteiger partial charge in [-0.25, -0.2) is 9.97 Å². The quantitative estimate of drug-likeness (QED) is 0.763. The maximum absolute atomic E-state index is 12.1. The molecular formula is C19H31N5O2. The highest BCUT2D eigenvalue weighted by molar-refractivity contribution is 5.77. The lowest BCUT2D eigenvalue weighted by Crippen LogP contribution is -2.52. The van der Waals surface area contributed by atoms with E-state index in [9.17, 15) is 4.79 Å². The molecule has 0 unspecified atom stereocenters. The van der Waals surface area contributed by atoms with Crippen LogP contribution >= 0.6 is 0 Å². The highest BCUT2D eigenvalue weighted by Gasteiger charge is 2.40. The predicted molar refractivity (Wildman–Crippen MR) is 101 cm³/mol. The van der Waals surface area contributed by atoms with Gasteiger partial charge in [-0.1, -0.05) is 0 Å². The second kappa shape index (κ2) is 8.31. The van der Waals surface area contributed by atoms with Crippen molar-refractivity contribution >= 4 is 11.9 Å². The zero-order valence-corrected chi connectivity index (χ0v) is 16.3. The number of rotatable bonds is 6. The summed E-state index contributed by atoms with van der Waals surface area (Å²) in [6, 6.07) is 0. The lowest BCUT2D eigenvalue weighted by molar-refractivity contribution is -0.139. The molecule has 7 heteroatoms. The number of carbonyl (C=O) groups excluding carboxylic acids is 1. The Hall–Kier alpha value is -1.73. The maximum atomic E-state index is 12.1. The van der Waals surface area contributed by atoms with Gasteiger partial charge in [-0.2, -0.15) is 0 Å². The van der Waals surface area contributed by atoms with Crippen LogP contribution in [-0.4, -0.2) is 79.7 Å². The fraction of sp³-hybridized carbons (Fsp3) is 0.737. The van der Waals surface area contributed by atoms with Crippen LogP contribution in [0.4, 0.5) is 5.95 Å². The van der Waals surface area contributed by atoms with Gasteiger partial charge in [-0.15, -0.1) is 0 Å². The van der Waals surface area contributed by atoms with Crippen molar-refractivity contribution in [2.45, 2.75) is 32.2 Å². The number of anilines is 1. The SMILES string of the molecule is COCCN1CC2(CCC1=O)CCN(Cc1cnc(N(C)C)nc1)CC2. The summed E-state index contributed by atoms with van der Waals surface area (Å²) in [5, 5.41) is 0. The van der Waals surface area contributed by atoms with Crippen molar-refractivity contribution < 1.29 is 9.53 Å². The number of piperidine rings is 2. The molecule has 0 bridgehead atoms. The summed E-state index contributed by atoms with van der Waals surface area (Å²) in [5.74, 6) is 1.03. The molecule has 1 spiro atoms. The Labute approximate surface area is 156 Å². The molecule has 26 heavy (non-hydrogen) atoms. The fourth-order valence-electron chi connectivity index (χ4n) is 4.02. The molecule has 2 saturated heterocycles. The van der Waals surface area contributed by atoms with Crippen molar-refractivity contribution in [2.75, 3.05) is 58.9 Å². The molecule has 0 aliphatic carbocycles. The van der Waals surface area contributed by atoms with Gasteiger partial charge in [0.2, 0.25) is 11.9 Å². The molecule has 1 aromatic heterocycles. The minimum absolute atomic E-state index is 0.285. The highest BCUT2D eigenvalue weighted by atomic mass is 16.5. The molecule has 0 radical (unpaired) electrons. The van der Waals surface area contributed by atoms with Gasteiger partial charge in [0.15, 0.2) is 0 Å². The smallest absolute Gasteiger partial charge is 0.224 e. The Bertz CT molecular complexity index is 596. The fourth-order valence-corrected chi connectivity index (χ4v) is 4.02. The average molecular weight is 361 g/mol. The molecule has 3 rings (SSSR count). The number of nitrogens with zero attached hydrogens (tertiary/aromatic N) is 5. The van der Waals surface area contributed by atoms with Crippen molar-refractivity contribution in [3.05, 3.63) is 18.0 Å². The van der Waals surface area contributed by atoms with E-state index in [2.05, 4.69) is 14.9 Å². The van der Waals surface area contributed by atoms with Gasteiger partial charge in [0.25, 0.3) is 0 Å². The summed E-state index contributed by atoms with van der Waals surface area (Å²) < 4.78 is 5.16. The third-order valence-corrected chi connectivity index (χ3v) is 5.73. The third kappa shape index (κ3) is 4.51. The minimum atomic E-state index is 0.285. The molecule has 7 nitrogen and oxygen atoms in total. The summed E-state index contributed by atoms with van der Waals surface area (Å²) in [6.45, 7) is 5.27. The number of aromatic nitrogens is 2. The summed E-state index contributed by atoms with van der Waals surface area (Å²) in [6.07, 6.45) is 7.88. The lowest BCUT2D eigenvalue weighted by Gasteiger charge is -2.47. The molecule has 2 aliphatic rings. The summed E-state index contributed by atoms with van der Waals surface area (Å²) in [4.78, 5) is 27.4. The van der Waals surface area contributed by atoms with E-state index in [1.54, 1.807) is 7.11 Å². The summed E-state index contributed by atoms with van der Waals surface area (Å²) in [7, 11) is 5.59. The van der Waals surface area contributed by atoms with E-state index in [0.717, 1.165) is 63.5 Å². The van der Waals surface area contributed by atoms with Crippen LogP contribution in [0.25, 0.3) is 0 Å². The minimum Gasteiger partial charge on any atom is -0.383 e. The Kier molecular flexibility index (Phi) is 6.09. The van der Waals surface area contributed by atoms with Crippen molar-refractivity contribution in [3.8, 4) is 0 Å². The monoisotopic (exact) mass is 361 g/mol. The molecule has 144 valence electrons. The molecular weight excluding hydrogens is 330 g/mol. The first-order chi connectivity index (χ1) is 12.5. The lowest BCUT2D eigenvalue weighted by atomic mass is 9.72. The van der Waals surface area contributed by atoms with Gasteiger partial charge in [-0.05, 0) is 37.8 Å². The molecule has 0 saturated carbocycles. The van der Waals surface area contributed by atoms with Gasteiger partial charge >= 0.3 is 0 Å². The van der Waals surface area contributed by atoms with Crippen LogP contribution < -0.4 is 4.90 Å². The Balaban J connectivity index is 1.52. The molecule has 1 aromatic rings. The topological polar surface area (TPSA) is 61.8 Å². The van der Waals surface area contributed by atoms with Crippen LogP contribution in [0, 0.1) is 5.41 Å². The molecule has 0 atom stereocenters. The van der Waals surface area contributed by atoms with E-state index < -0.39 is 0 Å². The zero-order valence-electron chi connectivity index (χ0n) is 16.3. The number of ether oxygens (including phenoxy) is 1. The van der Waals surface area contributed by atoms with Crippen LogP contribution in [-0.2, 0) is 16.1 Å². The van der Waals surface area contributed by atoms with E-state index in [4.69, 9.17) is 4.74 Å². The van der Waals surface area contributed by atoms with Gasteiger partial charge in [0.05, 0.1) is 6.61 Å². The normalized spacial score (nSPS) is 20.6. The van der Waals surface area contributed by atoms with Gasteiger partial charge < -0.3 is 14.5 Å². The standard InChI is InChI=1S/C19H31N5O2/c1-22(2)18-20-12-16(13-21-18)14-23-8-6-19(7-9-23)5-4-17(25)24(15-19)10-11-26-3/h12-13H,4-11,14-15H2,1-3H3. The Morgan fingerprint density at radius 3 is 2.50 bits per heavy atom. The summed E-state index contributed by atoms with van der Waals surface area (Å²) in [5.41, 5.74) is 1.45. The third-order valence-electron chi connectivity index (χ3n) is 5.73. The van der Waals surface area contributed by atoms with Gasteiger partial charge in [0.1, 0.15) is 0 Å². The van der Waals surface area contributed by atoms with E-state index in [0.29, 0.717) is 18.4 Å². The van der Waals surface area contributed by atoms with E-state index in [1.165, 1.54) is 0 Å². The average Bonchev–Trinajstić information content (AvgIpc) is 2.65. The van der Waals surface area contributed by atoms with E-state index >= 15 is 0 Å². The van der Waals surface area contributed by atoms with Crippen molar-refractivity contribution in [2.24, 2.45) is 5.41 Å². The van der Waals surface area contributed by atoms with Gasteiger partial charge in [0, 0.05) is 65.2 Å². The van der Waals surface area contributed by atoms with Crippen molar-refractivity contribution in [3.63, 3.8) is 0 Å². The highest BCUT2D eigenvalue weighted by Crippen LogP contribution is 2.40. The first-order valence-corrected chi connectivity index (χ1v) is 9.49. The number of methoxy groups -OCH3 is 1. The number of carbonyl (C=O) groups is 1. The number of likely N-dealkylation sites (tertiary alicyclic amines) is 2. The molecule has 2 aliphatic heterocycles. The molecule has 0 N–H and O–H groups in total. The van der Waals surface area contributed by atoms with Crippen LogP contribution in [0.5, 0.6) is 0 Å². The maximum Gasteiger partial charge on any atom is 0.224 e. The number of hydrogen-bond donors (Lipinski definition) is 0. The van der Waals surface area contributed by atoms with Crippen molar-refractivity contribution in [1.82, 2.24) is 19.8 Å². The van der Waals surface area contributed by atoms with Gasteiger partial charge in [-0.3, -0.25) is 9.69 Å². The van der Waals surface area contributed by atoms with E-state index in [1.807, 2.05) is 36.3 Å². The number of amides is 1. The largest absolute Gasteiger partial charge is 0.383 e. The molecule has 1 amide bonds. The van der Waals surface area contributed by atoms with E-state index in [-0.39, 0.29) is 5.91 Å². The molecule has 3 heterocycles.